The largest absolute Gasteiger partial charge is 0.486 e. The molecule has 12 heteroatoms. The predicted molar refractivity (Wildman–Crippen MR) is 128 cm³/mol. The number of anilines is 2. The lowest BCUT2D eigenvalue weighted by Crippen LogP contribution is -2.38. The number of fused-ring (bicyclic) bond motifs is 1. The Labute approximate surface area is 210 Å². The first-order valence-corrected chi connectivity index (χ1v) is 12.4. The number of ether oxygens (including phenoxy) is 2. The van der Waals surface area contributed by atoms with Gasteiger partial charge in [-0.1, -0.05) is 29.3 Å². The summed E-state index contributed by atoms with van der Waals surface area (Å²) in [5, 5.41) is 1.95. The summed E-state index contributed by atoms with van der Waals surface area (Å²) < 4.78 is 78.9. The highest BCUT2D eigenvalue weighted by Gasteiger charge is 2.35. The first kappa shape index (κ1) is 25.6. The Morgan fingerprint density at radius 2 is 1.67 bits per heavy atom. The van der Waals surface area contributed by atoms with Gasteiger partial charge in [0.25, 0.3) is 10.0 Å². The van der Waals surface area contributed by atoms with Gasteiger partial charge < -0.3 is 14.8 Å². The van der Waals surface area contributed by atoms with Gasteiger partial charge >= 0.3 is 6.18 Å². The van der Waals surface area contributed by atoms with Gasteiger partial charge in [0.15, 0.2) is 11.5 Å². The van der Waals surface area contributed by atoms with Crippen molar-refractivity contribution in [1.82, 2.24) is 0 Å². The number of nitrogens with zero attached hydrogens (tertiary/aromatic N) is 1. The fourth-order valence-corrected chi connectivity index (χ4v) is 5.13. The number of sulfonamides is 1. The molecule has 0 atom stereocenters. The SMILES string of the molecule is Cc1ccc(S(=O)(=O)N(CC(=O)Nc2ccc3c(c2)OCCO3)c2ccc(Cl)c(C(F)(F)F)c2)cc1. The van der Waals surface area contributed by atoms with Gasteiger partial charge in [0.2, 0.25) is 5.91 Å². The lowest BCUT2D eigenvalue weighted by molar-refractivity contribution is -0.137. The molecule has 0 fully saturated rings. The van der Waals surface area contributed by atoms with Crippen LogP contribution in [0.2, 0.25) is 5.02 Å². The quantitative estimate of drug-likeness (QED) is 0.460. The molecule has 0 spiro atoms. The van der Waals surface area contributed by atoms with Crippen LogP contribution in [-0.2, 0) is 21.0 Å². The second kappa shape index (κ2) is 9.90. The predicted octanol–water partition coefficient (Wildman–Crippen LogP) is 5.27. The van der Waals surface area contributed by atoms with Gasteiger partial charge in [-0.2, -0.15) is 13.2 Å². The first-order valence-electron chi connectivity index (χ1n) is 10.6. The van der Waals surface area contributed by atoms with Gasteiger partial charge in [-0.15, -0.1) is 0 Å². The molecule has 0 saturated carbocycles. The summed E-state index contributed by atoms with van der Waals surface area (Å²) in [4.78, 5) is 12.7. The molecular formula is C24H20ClF3N2O5S. The summed E-state index contributed by atoms with van der Waals surface area (Å²) in [5.41, 5.74) is -0.519. The molecule has 1 aliphatic rings. The molecule has 0 aliphatic carbocycles. The monoisotopic (exact) mass is 540 g/mol. The molecule has 3 aromatic carbocycles. The van der Waals surface area contributed by atoms with Crippen molar-refractivity contribution in [1.29, 1.82) is 0 Å². The van der Waals surface area contributed by atoms with E-state index in [1.807, 2.05) is 0 Å². The number of halogens is 4. The van der Waals surface area contributed by atoms with Crippen LogP contribution in [0.3, 0.4) is 0 Å². The maximum Gasteiger partial charge on any atom is 0.417 e. The Balaban J connectivity index is 1.69. The van der Waals surface area contributed by atoms with Crippen molar-refractivity contribution < 1.29 is 35.9 Å². The molecule has 0 bridgehead atoms. The number of rotatable bonds is 6. The van der Waals surface area contributed by atoms with Crippen LogP contribution in [0, 0.1) is 6.92 Å². The van der Waals surface area contributed by atoms with Crippen LogP contribution < -0.4 is 19.1 Å². The zero-order chi connectivity index (χ0) is 26.1. The highest BCUT2D eigenvalue weighted by molar-refractivity contribution is 7.92. The Morgan fingerprint density at radius 3 is 2.33 bits per heavy atom. The smallest absolute Gasteiger partial charge is 0.417 e. The molecule has 1 N–H and O–H groups in total. The zero-order valence-corrected chi connectivity index (χ0v) is 20.4. The van der Waals surface area contributed by atoms with Crippen LogP contribution in [0.15, 0.2) is 65.6 Å². The van der Waals surface area contributed by atoms with Crippen LogP contribution >= 0.6 is 11.6 Å². The number of carbonyl (C=O) groups is 1. The number of hydrogen-bond donors (Lipinski definition) is 1. The van der Waals surface area contributed by atoms with Gasteiger partial charge in [0.05, 0.1) is 21.2 Å². The Hall–Kier alpha value is -3.44. The number of benzene rings is 3. The molecule has 0 aromatic heterocycles. The van der Waals surface area contributed by atoms with E-state index in [2.05, 4.69) is 5.32 Å². The van der Waals surface area contributed by atoms with Gasteiger partial charge in [0.1, 0.15) is 19.8 Å². The van der Waals surface area contributed by atoms with Crippen molar-refractivity contribution in [2.24, 2.45) is 0 Å². The van der Waals surface area contributed by atoms with E-state index in [-0.39, 0.29) is 10.6 Å². The van der Waals surface area contributed by atoms with Gasteiger partial charge in [0, 0.05) is 11.8 Å². The summed E-state index contributed by atoms with van der Waals surface area (Å²) in [7, 11) is -4.43. The normalized spacial score (nSPS) is 13.2. The molecule has 36 heavy (non-hydrogen) atoms. The van der Waals surface area contributed by atoms with Gasteiger partial charge in [-0.3, -0.25) is 9.10 Å². The van der Waals surface area contributed by atoms with E-state index in [4.69, 9.17) is 21.1 Å². The van der Waals surface area contributed by atoms with Crippen LogP contribution in [0.4, 0.5) is 24.5 Å². The molecule has 0 radical (unpaired) electrons. The standard InChI is InChI=1S/C24H20ClF3N2O5S/c1-15-2-6-18(7-3-15)36(32,33)30(17-5-8-20(25)19(13-17)24(26,27)28)14-23(31)29-16-4-9-21-22(12-16)35-11-10-34-21/h2-9,12-13H,10-11,14H2,1H3,(H,29,31). The minimum absolute atomic E-state index is 0.191. The third-order valence-corrected chi connectivity index (χ3v) is 7.38. The van der Waals surface area contributed by atoms with Crippen molar-refractivity contribution in [2.75, 3.05) is 29.4 Å². The average molecular weight is 541 g/mol. The molecule has 4 rings (SSSR count). The van der Waals surface area contributed by atoms with Crippen LogP contribution in [0.1, 0.15) is 11.1 Å². The maximum absolute atomic E-state index is 13.5. The summed E-state index contributed by atoms with van der Waals surface area (Å²) in [6.45, 7) is 1.66. The minimum Gasteiger partial charge on any atom is -0.486 e. The first-order chi connectivity index (χ1) is 16.9. The van der Waals surface area contributed by atoms with E-state index < -0.39 is 39.2 Å². The van der Waals surface area contributed by atoms with Gasteiger partial charge in [-0.25, -0.2) is 8.42 Å². The van der Waals surface area contributed by atoms with Crippen molar-refractivity contribution in [3.05, 3.63) is 76.8 Å². The highest BCUT2D eigenvalue weighted by Crippen LogP contribution is 2.38. The molecule has 0 saturated heterocycles. The number of alkyl halides is 3. The molecule has 3 aromatic rings. The maximum atomic E-state index is 13.5. The lowest BCUT2D eigenvalue weighted by atomic mass is 10.2. The second-order valence-electron chi connectivity index (χ2n) is 7.89. The van der Waals surface area contributed by atoms with E-state index in [9.17, 15) is 26.4 Å². The third kappa shape index (κ3) is 5.52. The van der Waals surface area contributed by atoms with Crippen molar-refractivity contribution in [3.8, 4) is 11.5 Å². The Bertz CT molecular complexity index is 1400. The van der Waals surface area contributed by atoms with Gasteiger partial charge in [-0.05, 0) is 49.4 Å². The van der Waals surface area contributed by atoms with E-state index in [1.165, 1.54) is 24.3 Å². The van der Waals surface area contributed by atoms with Crippen LogP contribution in [0.5, 0.6) is 11.5 Å². The van der Waals surface area contributed by atoms with Crippen molar-refractivity contribution in [2.45, 2.75) is 18.0 Å². The third-order valence-electron chi connectivity index (χ3n) is 5.27. The summed E-state index contributed by atoms with van der Waals surface area (Å²) >= 11 is 5.72. The summed E-state index contributed by atoms with van der Waals surface area (Å²) in [6.07, 6.45) is -4.83. The average Bonchev–Trinajstić information content (AvgIpc) is 2.82. The number of aryl methyl sites for hydroxylation is 1. The summed E-state index contributed by atoms with van der Waals surface area (Å²) in [5.74, 6) is 0.102. The van der Waals surface area contributed by atoms with Crippen LogP contribution in [-0.4, -0.2) is 34.1 Å². The molecule has 1 heterocycles. The molecular weight excluding hydrogens is 521 g/mol. The van der Waals surface area contributed by atoms with E-state index >= 15 is 0 Å². The highest BCUT2D eigenvalue weighted by atomic mass is 35.5. The molecule has 0 unspecified atom stereocenters. The number of amides is 1. The Kier molecular flexibility index (Phi) is 7.05. The fraction of sp³-hybridized carbons (Fsp3) is 0.208. The lowest BCUT2D eigenvalue weighted by Gasteiger charge is -2.25. The van der Waals surface area contributed by atoms with Crippen molar-refractivity contribution in [3.63, 3.8) is 0 Å². The van der Waals surface area contributed by atoms with E-state index in [1.54, 1.807) is 25.1 Å². The van der Waals surface area contributed by atoms with E-state index in [0.29, 0.717) is 40.8 Å². The summed E-state index contributed by atoms with van der Waals surface area (Å²) in [6, 6.07) is 13.0. The molecule has 1 amide bonds. The molecule has 1 aliphatic heterocycles. The molecule has 190 valence electrons. The number of carbonyl (C=O) groups excluding carboxylic acids is 1. The van der Waals surface area contributed by atoms with Crippen LogP contribution in [0.25, 0.3) is 0 Å². The molecule has 7 nitrogen and oxygen atoms in total. The topological polar surface area (TPSA) is 84.9 Å². The fourth-order valence-electron chi connectivity index (χ4n) is 3.49. The minimum atomic E-state index is -4.83. The van der Waals surface area contributed by atoms with E-state index in [0.717, 1.165) is 17.7 Å². The Morgan fingerprint density at radius 1 is 1.00 bits per heavy atom. The van der Waals surface area contributed by atoms with Crippen molar-refractivity contribution >= 4 is 38.9 Å². The number of hydrogen-bond acceptors (Lipinski definition) is 5. The second-order valence-corrected chi connectivity index (χ2v) is 10.2. The zero-order valence-electron chi connectivity index (χ0n) is 18.8. The number of nitrogens with one attached hydrogen (secondary N) is 1.